The number of aliphatic hydroxyl groups is 2. The number of benzene rings is 2. The lowest BCUT2D eigenvalue weighted by Gasteiger charge is -2.27. The van der Waals surface area contributed by atoms with Crippen molar-refractivity contribution in [1.29, 1.82) is 5.26 Å². The standard InChI is InChI=1S/C26H30N4O4/c1-16(2)33-24-7-5-19(12-20(24)13-27)26-28-25(29-34-26)23-6-4-18-8-10-30(21(14-31)15-32)11-9-22(18)17(23)3/h4-7,12,16,21,31-32H,8-11,14-15H2,1-3H3. The molecule has 0 saturated heterocycles. The first-order chi connectivity index (χ1) is 16.4. The van der Waals surface area contributed by atoms with Crippen LogP contribution in [0.1, 0.15) is 36.1 Å². The number of aromatic nitrogens is 2. The third-order valence-electron chi connectivity index (χ3n) is 6.33. The zero-order chi connectivity index (χ0) is 24.2. The topological polar surface area (TPSA) is 116 Å². The van der Waals surface area contributed by atoms with Gasteiger partial charge in [-0.25, -0.2) is 0 Å². The van der Waals surface area contributed by atoms with Crippen LogP contribution in [0.3, 0.4) is 0 Å². The Bertz CT molecular complexity index is 1190. The van der Waals surface area contributed by atoms with Crippen LogP contribution in [0.25, 0.3) is 22.8 Å². The number of aliphatic hydroxyl groups excluding tert-OH is 2. The van der Waals surface area contributed by atoms with Gasteiger partial charge in [-0.1, -0.05) is 17.3 Å². The molecule has 0 fully saturated rings. The molecule has 4 rings (SSSR count). The van der Waals surface area contributed by atoms with Crippen molar-refractivity contribution in [3.63, 3.8) is 0 Å². The lowest BCUT2D eigenvalue weighted by Crippen LogP contribution is -2.42. The third kappa shape index (κ3) is 4.82. The summed E-state index contributed by atoms with van der Waals surface area (Å²) in [6, 6.07) is 11.3. The van der Waals surface area contributed by atoms with Crippen molar-refractivity contribution in [2.75, 3.05) is 26.3 Å². The van der Waals surface area contributed by atoms with E-state index in [0.717, 1.165) is 37.1 Å². The number of rotatable bonds is 7. The van der Waals surface area contributed by atoms with E-state index in [1.165, 1.54) is 11.1 Å². The second-order valence-corrected chi connectivity index (χ2v) is 8.84. The molecule has 0 amide bonds. The number of nitriles is 1. The maximum atomic E-state index is 9.56. The second kappa shape index (κ2) is 10.3. The van der Waals surface area contributed by atoms with Crippen LogP contribution in [-0.2, 0) is 12.8 Å². The first-order valence-corrected chi connectivity index (χ1v) is 11.6. The summed E-state index contributed by atoms with van der Waals surface area (Å²) in [6.07, 6.45) is 1.64. The van der Waals surface area contributed by atoms with Crippen LogP contribution in [-0.4, -0.2) is 63.7 Å². The number of hydrogen-bond donors (Lipinski definition) is 2. The molecule has 1 aromatic heterocycles. The first kappa shape index (κ1) is 23.9. The summed E-state index contributed by atoms with van der Waals surface area (Å²) < 4.78 is 11.2. The van der Waals surface area contributed by atoms with E-state index < -0.39 is 0 Å². The van der Waals surface area contributed by atoms with Gasteiger partial charge in [-0.2, -0.15) is 10.2 Å². The molecule has 178 valence electrons. The largest absolute Gasteiger partial charge is 0.490 e. The minimum Gasteiger partial charge on any atom is -0.490 e. The lowest BCUT2D eigenvalue weighted by molar-refractivity contribution is 0.0769. The molecule has 0 saturated carbocycles. The minimum atomic E-state index is -0.232. The molecule has 34 heavy (non-hydrogen) atoms. The van der Waals surface area contributed by atoms with Gasteiger partial charge in [-0.3, -0.25) is 4.90 Å². The summed E-state index contributed by atoms with van der Waals surface area (Å²) in [5.41, 5.74) is 5.61. The number of ether oxygens (including phenoxy) is 1. The Balaban J connectivity index is 1.60. The summed E-state index contributed by atoms with van der Waals surface area (Å²) >= 11 is 0. The summed E-state index contributed by atoms with van der Waals surface area (Å²) in [6.45, 7) is 7.35. The van der Waals surface area contributed by atoms with Crippen molar-refractivity contribution < 1.29 is 19.5 Å². The molecule has 0 aliphatic carbocycles. The zero-order valence-electron chi connectivity index (χ0n) is 19.8. The van der Waals surface area contributed by atoms with Crippen molar-refractivity contribution in [2.45, 2.75) is 45.8 Å². The van der Waals surface area contributed by atoms with Gasteiger partial charge in [0.15, 0.2) is 0 Å². The van der Waals surface area contributed by atoms with Crippen molar-refractivity contribution >= 4 is 0 Å². The minimum absolute atomic E-state index is 0.0330. The molecule has 2 aromatic carbocycles. The van der Waals surface area contributed by atoms with E-state index in [0.29, 0.717) is 28.6 Å². The van der Waals surface area contributed by atoms with Crippen molar-refractivity contribution in [2.24, 2.45) is 0 Å². The van der Waals surface area contributed by atoms with E-state index in [9.17, 15) is 15.5 Å². The van der Waals surface area contributed by atoms with E-state index in [1.54, 1.807) is 12.1 Å². The van der Waals surface area contributed by atoms with Crippen LogP contribution >= 0.6 is 0 Å². The summed E-state index contributed by atoms with van der Waals surface area (Å²) in [5, 5.41) is 32.9. The molecule has 2 heterocycles. The van der Waals surface area contributed by atoms with E-state index in [4.69, 9.17) is 9.26 Å². The Hall–Kier alpha value is -3.25. The van der Waals surface area contributed by atoms with Crippen LogP contribution in [0.2, 0.25) is 0 Å². The molecule has 0 radical (unpaired) electrons. The quantitative estimate of drug-likeness (QED) is 0.550. The average Bonchev–Trinajstić information content (AvgIpc) is 3.21. The van der Waals surface area contributed by atoms with Gasteiger partial charge in [0.05, 0.1) is 30.9 Å². The Kier molecular flexibility index (Phi) is 7.27. The number of fused-ring (bicyclic) bond motifs is 1. The highest BCUT2D eigenvalue weighted by Gasteiger charge is 2.23. The molecular weight excluding hydrogens is 432 g/mol. The van der Waals surface area contributed by atoms with Gasteiger partial charge in [0.1, 0.15) is 11.8 Å². The predicted octanol–water partition coefficient (Wildman–Crippen LogP) is 3.12. The maximum Gasteiger partial charge on any atom is 0.258 e. The first-order valence-electron chi connectivity index (χ1n) is 11.6. The zero-order valence-corrected chi connectivity index (χ0v) is 19.8. The molecule has 1 aliphatic heterocycles. The fourth-order valence-corrected chi connectivity index (χ4v) is 4.48. The second-order valence-electron chi connectivity index (χ2n) is 8.84. The third-order valence-corrected chi connectivity index (χ3v) is 6.33. The number of hydrogen-bond acceptors (Lipinski definition) is 8. The molecule has 0 bridgehead atoms. The van der Waals surface area contributed by atoms with Gasteiger partial charge >= 0.3 is 0 Å². The Morgan fingerprint density at radius 1 is 1.15 bits per heavy atom. The summed E-state index contributed by atoms with van der Waals surface area (Å²) in [4.78, 5) is 6.76. The molecule has 2 N–H and O–H groups in total. The highest BCUT2D eigenvalue weighted by atomic mass is 16.5. The smallest absolute Gasteiger partial charge is 0.258 e. The van der Waals surface area contributed by atoms with Crippen LogP contribution in [0, 0.1) is 18.3 Å². The van der Waals surface area contributed by atoms with Gasteiger partial charge < -0.3 is 19.5 Å². The Morgan fingerprint density at radius 2 is 1.91 bits per heavy atom. The Labute approximate surface area is 199 Å². The van der Waals surface area contributed by atoms with Gasteiger partial charge in [0.2, 0.25) is 5.82 Å². The normalized spacial score (nSPS) is 14.2. The maximum absolute atomic E-state index is 9.56. The fourth-order valence-electron chi connectivity index (χ4n) is 4.48. The molecule has 0 spiro atoms. The molecule has 0 atom stereocenters. The average molecular weight is 463 g/mol. The molecule has 3 aromatic rings. The molecule has 0 unspecified atom stereocenters. The van der Waals surface area contributed by atoms with Gasteiger partial charge in [0, 0.05) is 24.2 Å². The van der Waals surface area contributed by atoms with Crippen LogP contribution in [0.5, 0.6) is 5.75 Å². The van der Waals surface area contributed by atoms with E-state index in [2.05, 4.69) is 34.1 Å². The molecular formula is C26H30N4O4. The predicted molar refractivity (Wildman–Crippen MR) is 127 cm³/mol. The SMILES string of the molecule is Cc1c(-c2noc(-c3ccc(OC(C)C)c(C#N)c3)n2)ccc2c1CCN(C(CO)CO)CC2. The molecule has 8 heteroatoms. The van der Waals surface area contributed by atoms with Crippen LogP contribution in [0.4, 0.5) is 0 Å². The highest BCUT2D eigenvalue weighted by molar-refractivity contribution is 5.66. The van der Waals surface area contributed by atoms with Gasteiger partial charge in [-0.15, -0.1) is 0 Å². The van der Waals surface area contributed by atoms with Crippen LogP contribution < -0.4 is 4.74 Å². The Morgan fingerprint density at radius 3 is 2.62 bits per heavy atom. The molecule has 1 aliphatic rings. The monoisotopic (exact) mass is 462 g/mol. The van der Waals surface area contributed by atoms with Crippen molar-refractivity contribution in [3.8, 4) is 34.7 Å². The highest BCUT2D eigenvalue weighted by Crippen LogP contribution is 2.31. The lowest BCUT2D eigenvalue weighted by atomic mass is 9.93. The van der Waals surface area contributed by atoms with E-state index in [1.807, 2.05) is 26.0 Å². The summed E-state index contributed by atoms with van der Waals surface area (Å²) in [7, 11) is 0. The van der Waals surface area contributed by atoms with Crippen LogP contribution in [0.15, 0.2) is 34.9 Å². The summed E-state index contributed by atoms with van der Waals surface area (Å²) in [5.74, 6) is 1.37. The van der Waals surface area contributed by atoms with Crippen molar-refractivity contribution in [3.05, 3.63) is 52.6 Å². The molecule has 8 nitrogen and oxygen atoms in total. The van der Waals surface area contributed by atoms with E-state index >= 15 is 0 Å². The van der Waals surface area contributed by atoms with Gasteiger partial charge in [-0.05, 0) is 68.5 Å². The van der Waals surface area contributed by atoms with Crippen molar-refractivity contribution in [1.82, 2.24) is 15.0 Å². The van der Waals surface area contributed by atoms with E-state index in [-0.39, 0.29) is 25.4 Å². The fraction of sp³-hybridized carbons (Fsp3) is 0.423. The van der Waals surface area contributed by atoms with Gasteiger partial charge in [0.25, 0.3) is 5.89 Å². The number of nitrogens with zero attached hydrogens (tertiary/aromatic N) is 4.